The molecule has 0 saturated heterocycles. The van der Waals surface area contributed by atoms with Crippen LogP contribution in [0.5, 0.6) is 0 Å². The summed E-state index contributed by atoms with van der Waals surface area (Å²) < 4.78 is 33.0. The molecule has 0 rings (SSSR count). The van der Waals surface area contributed by atoms with E-state index in [1.165, 1.54) is 17.8 Å². The Morgan fingerprint density at radius 2 is 1.95 bits per heavy atom. The summed E-state index contributed by atoms with van der Waals surface area (Å²) in [6, 6.07) is 0. The molecule has 0 aromatic rings. The first-order chi connectivity index (χ1) is 9.52. The Kier molecular flexibility index (Phi) is 11.8. The molecule has 0 aliphatic heterocycles. The molecular formula is C12H22O6S2. The third-order valence-corrected chi connectivity index (χ3v) is 4.92. The molecule has 0 atom stereocenters. The molecule has 118 valence electrons. The molecule has 6 nitrogen and oxygen atoms in total. The van der Waals surface area contributed by atoms with Crippen LogP contribution >= 0.6 is 11.8 Å². The van der Waals surface area contributed by atoms with Crippen molar-refractivity contribution in [3.05, 3.63) is 12.2 Å². The number of esters is 1. The lowest BCUT2D eigenvalue weighted by molar-refractivity contribution is -0.139. The Labute approximate surface area is 124 Å². The van der Waals surface area contributed by atoms with Crippen LogP contribution in [0.15, 0.2) is 12.2 Å². The van der Waals surface area contributed by atoms with Gasteiger partial charge in [0.15, 0.2) is 9.84 Å². The Hall–Kier alpha value is -0.570. The van der Waals surface area contributed by atoms with Gasteiger partial charge in [0.2, 0.25) is 0 Å². The summed E-state index contributed by atoms with van der Waals surface area (Å²) in [5.74, 6) is 0.616. The normalized spacial score (nSPS) is 11.9. The highest BCUT2D eigenvalue weighted by Gasteiger charge is 2.10. The zero-order chi connectivity index (χ0) is 15.3. The Morgan fingerprint density at radius 1 is 1.20 bits per heavy atom. The van der Waals surface area contributed by atoms with Crippen LogP contribution in [0, 0.1) is 0 Å². The Bertz CT molecular complexity index is 377. The molecule has 0 bridgehead atoms. The van der Waals surface area contributed by atoms with Gasteiger partial charge in [0.05, 0.1) is 31.3 Å². The van der Waals surface area contributed by atoms with Crippen LogP contribution in [-0.2, 0) is 24.1 Å². The van der Waals surface area contributed by atoms with E-state index in [-0.39, 0.29) is 37.9 Å². The number of allylic oxidation sites excluding steroid dienone is 1. The fraction of sp³-hybridized carbons (Fsp3) is 0.750. The highest BCUT2D eigenvalue weighted by molar-refractivity contribution is 8.00. The van der Waals surface area contributed by atoms with Crippen molar-refractivity contribution in [2.45, 2.75) is 6.92 Å². The van der Waals surface area contributed by atoms with E-state index in [9.17, 15) is 13.2 Å². The number of carbonyl (C=O) groups is 1. The van der Waals surface area contributed by atoms with Gasteiger partial charge in [0.1, 0.15) is 6.61 Å². The monoisotopic (exact) mass is 326 g/mol. The minimum absolute atomic E-state index is 0.0461. The van der Waals surface area contributed by atoms with E-state index < -0.39 is 15.8 Å². The quantitative estimate of drug-likeness (QED) is 0.312. The molecule has 1 N–H and O–H groups in total. The van der Waals surface area contributed by atoms with Crippen molar-refractivity contribution in [3.8, 4) is 0 Å². The van der Waals surface area contributed by atoms with Crippen LogP contribution < -0.4 is 0 Å². The van der Waals surface area contributed by atoms with Crippen molar-refractivity contribution in [1.29, 1.82) is 0 Å². The summed E-state index contributed by atoms with van der Waals surface area (Å²) in [5, 5.41) is 8.56. The minimum atomic E-state index is -3.12. The summed E-state index contributed by atoms with van der Waals surface area (Å²) in [7, 11) is -3.12. The molecule has 0 saturated carbocycles. The van der Waals surface area contributed by atoms with Crippen molar-refractivity contribution in [2.24, 2.45) is 0 Å². The second kappa shape index (κ2) is 12.2. The van der Waals surface area contributed by atoms with E-state index in [2.05, 4.69) is 0 Å². The SMILES string of the molecule is CC=CC(=O)OCCOCCS(=O)(=O)CCSCCO. The summed E-state index contributed by atoms with van der Waals surface area (Å²) in [4.78, 5) is 10.9. The van der Waals surface area contributed by atoms with Gasteiger partial charge in [-0.05, 0) is 6.92 Å². The molecule has 0 fully saturated rings. The van der Waals surface area contributed by atoms with Gasteiger partial charge in [-0.25, -0.2) is 13.2 Å². The topological polar surface area (TPSA) is 89.9 Å². The molecule has 20 heavy (non-hydrogen) atoms. The predicted octanol–water partition coefficient (Wildman–Crippen LogP) is 0.263. The minimum Gasteiger partial charge on any atom is -0.460 e. The number of sulfone groups is 1. The second-order valence-corrected chi connectivity index (χ2v) is 7.30. The maximum atomic E-state index is 11.6. The first-order valence-electron chi connectivity index (χ1n) is 6.28. The molecule has 0 radical (unpaired) electrons. The van der Waals surface area contributed by atoms with Crippen molar-refractivity contribution < 1.29 is 27.8 Å². The number of aliphatic hydroxyl groups is 1. The number of carbonyl (C=O) groups excluding carboxylic acids is 1. The number of rotatable bonds is 12. The lowest BCUT2D eigenvalue weighted by atomic mass is 10.5. The lowest BCUT2D eigenvalue weighted by Crippen LogP contribution is -2.18. The Morgan fingerprint density at radius 3 is 2.60 bits per heavy atom. The fourth-order valence-corrected chi connectivity index (χ4v) is 3.52. The number of thioether (sulfide) groups is 1. The summed E-state index contributed by atoms with van der Waals surface area (Å²) in [6.45, 7) is 2.14. The van der Waals surface area contributed by atoms with Crippen molar-refractivity contribution in [2.75, 3.05) is 49.4 Å². The second-order valence-electron chi connectivity index (χ2n) is 3.77. The van der Waals surface area contributed by atoms with E-state index in [0.717, 1.165) is 0 Å². The molecule has 0 amide bonds. The van der Waals surface area contributed by atoms with Crippen LogP contribution in [0.3, 0.4) is 0 Å². The molecule has 0 unspecified atom stereocenters. The van der Waals surface area contributed by atoms with Crippen molar-refractivity contribution >= 4 is 27.6 Å². The van der Waals surface area contributed by atoms with E-state index in [4.69, 9.17) is 14.6 Å². The lowest BCUT2D eigenvalue weighted by Gasteiger charge is -2.06. The molecule has 0 aromatic heterocycles. The summed E-state index contributed by atoms with van der Waals surface area (Å²) >= 11 is 1.40. The third-order valence-electron chi connectivity index (χ3n) is 2.09. The zero-order valence-corrected chi connectivity index (χ0v) is 13.2. The molecular weight excluding hydrogens is 304 g/mol. The predicted molar refractivity (Wildman–Crippen MR) is 79.7 cm³/mol. The maximum absolute atomic E-state index is 11.6. The molecule has 0 heterocycles. The fourth-order valence-electron chi connectivity index (χ4n) is 1.13. The van der Waals surface area contributed by atoms with Gasteiger partial charge in [-0.15, -0.1) is 0 Å². The van der Waals surface area contributed by atoms with E-state index in [1.54, 1.807) is 13.0 Å². The summed E-state index contributed by atoms with van der Waals surface area (Å²) in [5.41, 5.74) is 0. The van der Waals surface area contributed by atoms with Gasteiger partial charge in [0.25, 0.3) is 0 Å². The van der Waals surface area contributed by atoms with Crippen LogP contribution in [0.4, 0.5) is 0 Å². The van der Waals surface area contributed by atoms with E-state index >= 15 is 0 Å². The number of hydrogen-bond donors (Lipinski definition) is 1. The van der Waals surface area contributed by atoms with Gasteiger partial charge < -0.3 is 14.6 Å². The van der Waals surface area contributed by atoms with Crippen LogP contribution in [-0.4, -0.2) is 68.9 Å². The highest BCUT2D eigenvalue weighted by Crippen LogP contribution is 2.01. The molecule has 0 aliphatic carbocycles. The van der Waals surface area contributed by atoms with Crippen molar-refractivity contribution in [3.63, 3.8) is 0 Å². The van der Waals surface area contributed by atoms with Crippen LogP contribution in [0.25, 0.3) is 0 Å². The van der Waals surface area contributed by atoms with Gasteiger partial charge in [-0.3, -0.25) is 0 Å². The summed E-state index contributed by atoms with van der Waals surface area (Å²) in [6.07, 6.45) is 2.87. The van der Waals surface area contributed by atoms with Gasteiger partial charge >= 0.3 is 5.97 Å². The Balaban J connectivity index is 3.55. The average Bonchev–Trinajstić information content (AvgIpc) is 2.39. The van der Waals surface area contributed by atoms with E-state index in [0.29, 0.717) is 11.5 Å². The third kappa shape index (κ3) is 12.5. The van der Waals surface area contributed by atoms with E-state index in [1.807, 2.05) is 0 Å². The first-order valence-corrected chi connectivity index (χ1v) is 9.25. The standard InChI is InChI=1S/C12H22O6S2/c1-2-3-12(14)18-6-5-17-7-10-20(15,16)11-9-19-8-4-13/h2-3,13H,4-11H2,1H3. The van der Waals surface area contributed by atoms with Crippen molar-refractivity contribution in [1.82, 2.24) is 0 Å². The van der Waals surface area contributed by atoms with Gasteiger partial charge in [-0.2, -0.15) is 11.8 Å². The largest absolute Gasteiger partial charge is 0.460 e. The molecule has 0 aromatic carbocycles. The van der Waals surface area contributed by atoms with Gasteiger partial charge in [-0.1, -0.05) is 6.08 Å². The molecule has 0 spiro atoms. The average molecular weight is 326 g/mol. The highest BCUT2D eigenvalue weighted by atomic mass is 32.2. The number of hydrogen-bond acceptors (Lipinski definition) is 7. The molecule has 8 heteroatoms. The maximum Gasteiger partial charge on any atom is 0.330 e. The zero-order valence-electron chi connectivity index (χ0n) is 11.6. The van der Waals surface area contributed by atoms with Crippen LogP contribution in [0.1, 0.15) is 6.92 Å². The molecule has 0 aliphatic rings. The van der Waals surface area contributed by atoms with Crippen LogP contribution in [0.2, 0.25) is 0 Å². The number of aliphatic hydroxyl groups excluding tert-OH is 1. The van der Waals surface area contributed by atoms with Gasteiger partial charge in [0, 0.05) is 17.6 Å². The number of ether oxygens (including phenoxy) is 2. The smallest absolute Gasteiger partial charge is 0.330 e. The first kappa shape index (κ1) is 19.4.